The van der Waals surface area contributed by atoms with Crippen LogP contribution in [-0.4, -0.2) is 64.8 Å². The van der Waals surface area contributed by atoms with Gasteiger partial charge in [-0.3, -0.25) is 0 Å². The molecule has 1 aliphatic heterocycles. The molecule has 4 N–H and O–H groups in total. The predicted octanol–water partition coefficient (Wildman–Crippen LogP) is 2.53. The molecule has 6 nitrogen and oxygen atoms in total. The van der Waals surface area contributed by atoms with E-state index in [1.807, 2.05) is 24.3 Å². The standard InChI is InChI=1S/C21H25ClO6S/c1-27-13-5-3-11(4-6-13)7-12-8-14(16(24)9-15(12)22)21-19(26)20(28-2)18(25)17(10-23)29-21/h3-6,8-9,17-21,23-26H,7,10H2,1-2H3/t17-,18-,19-,20+,21+/m1/s1. The number of hydrogen-bond donors (Lipinski definition) is 4. The highest BCUT2D eigenvalue weighted by Crippen LogP contribution is 2.47. The van der Waals surface area contributed by atoms with Crippen molar-refractivity contribution < 1.29 is 29.9 Å². The van der Waals surface area contributed by atoms with Crippen LogP contribution in [0.2, 0.25) is 5.02 Å². The Labute approximate surface area is 179 Å². The van der Waals surface area contributed by atoms with Crippen molar-refractivity contribution in [1.82, 2.24) is 0 Å². The Morgan fingerprint density at radius 2 is 1.76 bits per heavy atom. The topological polar surface area (TPSA) is 99.4 Å². The molecule has 0 spiro atoms. The Hall–Kier alpha value is -1.48. The van der Waals surface area contributed by atoms with Crippen molar-refractivity contribution in [2.45, 2.75) is 35.2 Å². The van der Waals surface area contributed by atoms with Crippen LogP contribution in [0.15, 0.2) is 36.4 Å². The molecule has 0 amide bonds. The van der Waals surface area contributed by atoms with Gasteiger partial charge in [0.15, 0.2) is 0 Å². The van der Waals surface area contributed by atoms with Crippen molar-refractivity contribution in [3.05, 3.63) is 58.1 Å². The molecular weight excluding hydrogens is 416 g/mol. The van der Waals surface area contributed by atoms with E-state index < -0.39 is 28.8 Å². The maximum absolute atomic E-state index is 10.8. The van der Waals surface area contributed by atoms with Gasteiger partial charge in [-0.15, -0.1) is 11.8 Å². The molecule has 8 heteroatoms. The van der Waals surface area contributed by atoms with Gasteiger partial charge in [-0.25, -0.2) is 0 Å². The number of phenolic OH excluding ortho intramolecular Hbond substituents is 1. The van der Waals surface area contributed by atoms with E-state index in [-0.39, 0.29) is 12.4 Å². The molecule has 1 saturated heterocycles. The molecule has 0 aliphatic carbocycles. The van der Waals surface area contributed by atoms with Crippen molar-refractivity contribution in [1.29, 1.82) is 0 Å². The molecule has 1 aliphatic rings. The van der Waals surface area contributed by atoms with Gasteiger partial charge < -0.3 is 29.9 Å². The number of ether oxygens (including phenoxy) is 2. The third kappa shape index (κ3) is 4.66. The highest BCUT2D eigenvalue weighted by molar-refractivity contribution is 8.00. The zero-order valence-corrected chi connectivity index (χ0v) is 17.7. The number of aromatic hydroxyl groups is 1. The first-order chi connectivity index (χ1) is 13.9. The van der Waals surface area contributed by atoms with Gasteiger partial charge in [-0.2, -0.15) is 0 Å². The lowest BCUT2D eigenvalue weighted by Gasteiger charge is -2.41. The summed E-state index contributed by atoms with van der Waals surface area (Å²) in [5.74, 6) is 0.708. The summed E-state index contributed by atoms with van der Waals surface area (Å²) in [6.45, 7) is -0.276. The number of halogens is 1. The minimum atomic E-state index is -1.07. The molecule has 0 saturated carbocycles. The van der Waals surface area contributed by atoms with Crippen molar-refractivity contribution >= 4 is 23.4 Å². The number of aliphatic hydroxyl groups is 3. The molecule has 0 radical (unpaired) electrons. The molecule has 1 heterocycles. The van der Waals surface area contributed by atoms with E-state index >= 15 is 0 Å². The first kappa shape index (κ1) is 22.2. The summed E-state index contributed by atoms with van der Waals surface area (Å²) in [5.41, 5.74) is 2.29. The molecule has 3 rings (SSSR count). The van der Waals surface area contributed by atoms with E-state index in [1.54, 1.807) is 13.2 Å². The van der Waals surface area contributed by atoms with Gasteiger partial charge in [0.1, 0.15) is 17.6 Å². The average molecular weight is 441 g/mol. The second kappa shape index (κ2) is 9.55. The van der Waals surface area contributed by atoms with Gasteiger partial charge in [0.25, 0.3) is 0 Å². The van der Waals surface area contributed by atoms with E-state index in [4.69, 9.17) is 21.1 Å². The SMILES string of the molecule is COc1ccc(Cc2cc([C@@H]3S[C@H](CO)[C@@H](O)[C@H](OC)[C@H]3O)c(O)cc2Cl)cc1. The number of thioether (sulfide) groups is 1. The second-order valence-electron chi connectivity index (χ2n) is 6.99. The summed E-state index contributed by atoms with van der Waals surface area (Å²) in [5, 5.41) is 40.5. The fourth-order valence-electron chi connectivity index (χ4n) is 3.58. The monoisotopic (exact) mass is 440 g/mol. The van der Waals surface area contributed by atoms with Crippen molar-refractivity contribution in [3.8, 4) is 11.5 Å². The summed E-state index contributed by atoms with van der Waals surface area (Å²) in [7, 11) is 3.00. The molecule has 29 heavy (non-hydrogen) atoms. The Kier molecular flexibility index (Phi) is 7.32. The lowest BCUT2D eigenvalue weighted by Crippen LogP contribution is -2.52. The lowest BCUT2D eigenvalue weighted by atomic mass is 9.94. The van der Waals surface area contributed by atoms with Gasteiger partial charge in [0.05, 0.1) is 36.4 Å². The van der Waals surface area contributed by atoms with Crippen LogP contribution in [0.1, 0.15) is 21.9 Å². The number of aliphatic hydroxyl groups excluding tert-OH is 3. The lowest BCUT2D eigenvalue weighted by molar-refractivity contribution is -0.0908. The molecule has 0 bridgehead atoms. The van der Waals surface area contributed by atoms with Gasteiger partial charge in [-0.1, -0.05) is 23.7 Å². The summed E-state index contributed by atoms with van der Waals surface area (Å²) in [6, 6.07) is 10.8. The van der Waals surface area contributed by atoms with Crippen LogP contribution in [0.25, 0.3) is 0 Å². The van der Waals surface area contributed by atoms with Gasteiger partial charge in [0.2, 0.25) is 0 Å². The highest BCUT2D eigenvalue weighted by atomic mass is 35.5. The maximum atomic E-state index is 10.8. The zero-order chi connectivity index (χ0) is 21.1. The first-order valence-electron chi connectivity index (χ1n) is 9.19. The third-order valence-corrected chi connectivity index (χ3v) is 7.15. The molecule has 5 atom stereocenters. The van der Waals surface area contributed by atoms with Crippen molar-refractivity contribution in [2.24, 2.45) is 0 Å². The molecule has 0 unspecified atom stereocenters. The highest BCUT2D eigenvalue weighted by Gasteiger charge is 2.45. The van der Waals surface area contributed by atoms with Crippen LogP contribution in [0.3, 0.4) is 0 Å². The zero-order valence-electron chi connectivity index (χ0n) is 16.2. The molecule has 1 fully saturated rings. The fourth-order valence-corrected chi connectivity index (χ4v) is 5.23. The van der Waals surface area contributed by atoms with Gasteiger partial charge >= 0.3 is 0 Å². The summed E-state index contributed by atoms with van der Waals surface area (Å²) < 4.78 is 10.4. The quantitative estimate of drug-likeness (QED) is 0.547. The summed E-state index contributed by atoms with van der Waals surface area (Å²) >= 11 is 7.57. The number of phenols is 1. The minimum absolute atomic E-state index is 0.0482. The first-order valence-corrected chi connectivity index (χ1v) is 10.5. The van der Waals surface area contributed by atoms with E-state index in [0.717, 1.165) is 16.9 Å². The second-order valence-corrected chi connectivity index (χ2v) is 8.78. The predicted molar refractivity (Wildman–Crippen MR) is 113 cm³/mol. The average Bonchev–Trinajstić information content (AvgIpc) is 2.71. The van der Waals surface area contributed by atoms with Crippen molar-refractivity contribution in [2.75, 3.05) is 20.8 Å². The van der Waals surface area contributed by atoms with Gasteiger partial charge in [0, 0.05) is 17.7 Å². The number of hydrogen-bond acceptors (Lipinski definition) is 7. The number of rotatable bonds is 6. The van der Waals surface area contributed by atoms with Crippen LogP contribution in [-0.2, 0) is 11.2 Å². The fraction of sp³-hybridized carbons (Fsp3) is 0.429. The molecule has 0 aromatic heterocycles. The van der Waals surface area contributed by atoms with Crippen molar-refractivity contribution in [3.63, 3.8) is 0 Å². The minimum Gasteiger partial charge on any atom is -0.508 e. The van der Waals surface area contributed by atoms with Crippen LogP contribution in [0.5, 0.6) is 11.5 Å². The van der Waals surface area contributed by atoms with Crippen LogP contribution >= 0.6 is 23.4 Å². The Balaban J connectivity index is 1.93. The number of methoxy groups -OCH3 is 2. The van der Waals surface area contributed by atoms with E-state index in [9.17, 15) is 20.4 Å². The third-order valence-electron chi connectivity index (χ3n) is 5.19. The Morgan fingerprint density at radius 1 is 1.07 bits per heavy atom. The number of benzene rings is 2. The Bertz CT molecular complexity index is 831. The van der Waals surface area contributed by atoms with E-state index in [2.05, 4.69) is 0 Å². The Morgan fingerprint density at radius 3 is 2.34 bits per heavy atom. The maximum Gasteiger partial charge on any atom is 0.121 e. The normalized spacial score (nSPS) is 27.0. The van der Waals surface area contributed by atoms with Crippen LogP contribution in [0, 0.1) is 0 Å². The molecule has 158 valence electrons. The molecule has 2 aromatic carbocycles. The smallest absolute Gasteiger partial charge is 0.121 e. The summed E-state index contributed by atoms with van der Waals surface area (Å²) in [4.78, 5) is 0. The summed E-state index contributed by atoms with van der Waals surface area (Å²) in [6.07, 6.45) is -2.43. The largest absolute Gasteiger partial charge is 0.508 e. The van der Waals surface area contributed by atoms with Crippen LogP contribution in [0.4, 0.5) is 0 Å². The van der Waals surface area contributed by atoms with E-state index in [1.165, 1.54) is 24.9 Å². The molecular formula is C21H25ClO6S. The van der Waals surface area contributed by atoms with Crippen LogP contribution < -0.4 is 4.74 Å². The van der Waals surface area contributed by atoms with Gasteiger partial charge in [-0.05, 0) is 41.8 Å². The van der Waals surface area contributed by atoms with E-state index in [0.29, 0.717) is 17.0 Å². The molecule has 2 aromatic rings.